The summed E-state index contributed by atoms with van der Waals surface area (Å²) < 4.78 is 10.9. The van der Waals surface area contributed by atoms with E-state index < -0.39 is 11.8 Å². The van der Waals surface area contributed by atoms with Crippen molar-refractivity contribution in [3.8, 4) is 5.75 Å². The highest BCUT2D eigenvalue weighted by Crippen LogP contribution is 2.27. The molecule has 6 heteroatoms. The van der Waals surface area contributed by atoms with E-state index in [1.807, 2.05) is 56.3 Å². The number of nitrogens with zero attached hydrogens (tertiary/aromatic N) is 1. The first-order valence-corrected chi connectivity index (χ1v) is 8.23. The van der Waals surface area contributed by atoms with Crippen molar-refractivity contribution in [3.05, 3.63) is 82.7 Å². The van der Waals surface area contributed by atoms with Crippen LogP contribution in [0, 0.1) is 13.8 Å². The molecule has 134 valence electrons. The lowest BCUT2D eigenvalue weighted by atomic mass is 9.91. The van der Waals surface area contributed by atoms with Crippen LogP contribution in [0.5, 0.6) is 5.75 Å². The molecule has 0 aliphatic heterocycles. The third kappa shape index (κ3) is 3.75. The van der Waals surface area contributed by atoms with Crippen molar-refractivity contribution in [1.29, 1.82) is 0 Å². The van der Waals surface area contributed by atoms with Crippen LogP contribution in [0.4, 0.5) is 0 Å². The number of rotatable bonds is 6. The van der Waals surface area contributed by atoms with Gasteiger partial charge in [-0.1, -0.05) is 47.6 Å². The van der Waals surface area contributed by atoms with Crippen LogP contribution in [-0.2, 0) is 11.4 Å². The summed E-state index contributed by atoms with van der Waals surface area (Å²) in [6.45, 7) is 4.08. The Balaban J connectivity index is 1.78. The average molecular weight is 352 g/mol. The van der Waals surface area contributed by atoms with Crippen molar-refractivity contribution >= 4 is 5.91 Å². The van der Waals surface area contributed by atoms with Gasteiger partial charge in [0.1, 0.15) is 18.1 Å². The number of carbonyl (C=O) groups is 1. The minimum Gasteiger partial charge on any atom is -0.489 e. The number of ether oxygens (including phenoxy) is 1. The van der Waals surface area contributed by atoms with Crippen LogP contribution in [0.2, 0.25) is 0 Å². The van der Waals surface area contributed by atoms with E-state index in [1.165, 1.54) is 0 Å². The summed E-state index contributed by atoms with van der Waals surface area (Å²) in [6, 6.07) is 16.5. The summed E-state index contributed by atoms with van der Waals surface area (Å²) in [4.78, 5) is 12.1. The monoisotopic (exact) mass is 352 g/mol. The molecular weight excluding hydrogens is 332 g/mol. The van der Waals surface area contributed by atoms with E-state index in [9.17, 15) is 4.79 Å². The zero-order valence-corrected chi connectivity index (χ0v) is 14.6. The zero-order chi connectivity index (χ0) is 18.5. The summed E-state index contributed by atoms with van der Waals surface area (Å²) in [5.74, 6) is 0.325. The van der Waals surface area contributed by atoms with Gasteiger partial charge < -0.3 is 9.26 Å². The number of carbonyl (C=O) groups excluding carboxylic acids is 1. The second kappa shape index (κ2) is 7.84. The molecule has 0 aliphatic carbocycles. The predicted molar refractivity (Wildman–Crippen MR) is 95.0 cm³/mol. The summed E-state index contributed by atoms with van der Waals surface area (Å²) in [7, 11) is 0. The van der Waals surface area contributed by atoms with Crippen LogP contribution in [0.3, 0.4) is 0 Å². The first kappa shape index (κ1) is 17.7. The maximum atomic E-state index is 12.1. The van der Waals surface area contributed by atoms with Crippen LogP contribution in [0.25, 0.3) is 0 Å². The fourth-order valence-corrected chi connectivity index (χ4v) is 2.83. The molecule has 0 aliphatic rings. The topological polar surface area (TPSA) is 84.6 Å². The van der Waals surface area contributed by atoms with Crippen molar-refractivity contribution < 1.29 is 19.3 Å². The van der Waals surface area contributed by atoms with Crippen molar-refractivity contribution in [1.82, 2.24) is 10.6 Å². The number of amides is 1. The van der Waals surface area contributed by atoms with Crippen LogP contribution in [-0.4, -0.2) is 16.3 Å². The minimum atomic E-state index is -0.599. The molecule has 1 aromatic heterocycles. The average Bonchev–Trinajstić information content (AvgIpc) is 3.00. The molecule has 2 aromatic carbocycles. The summed E-state index contributed by atoms with van der Waals surface area (Å²) in [6.07, 6.45) is 0. The quantitative estimate of drug-likeness (QED) is 0.524. The third-order valence-electron chi connectivity index (χ3n) is 4.28. The van der Waals surface area contributed by atoms with E-state index in [1.54, 1.807) is 17.6 Å². The maximum Gasteiger partial charge on any atom is 0.255 e. The maximum absolute atomic E-state index is 12.1. The predicted octanol–water partition coefficient (Wildman–Crippen LogP) is 3.51. The van der Waals surface area contributed by atoms with Crippen molar-refractivity contribution in [2.24, 2.45) is 0 Å². The molecule has 6 nitrogen and oxygen atoms in total. The number of hydrogen-bond acceptors (Lipinski definition) is 5. The molecule has 1 atom stereocenters. The summed E-state index contributed by atoms with van der Waals surface area (Å²) in [5.41, 5.74) is 5.03. The number of benzene rings is 2. The summed E-state index contributed by atoms with van der Waals surface area (Å²) in [5, 5.41) is 13.0. The molecule has 1 heterocycles. The van der Waals surface area contributed by atoms with Gasteiger partial charge in [-0.25, -0.2) is 5.48 Å². The Morgan fingerprint density at radius 2 is 1.77 bits per heavy atom. The van der Waals surface area contributed by atoms with Crippen molar-refractivity contribution in [2.45, 2.75) is 26.4 Å². The first-order valence-electron chi connectivity index (χ1n) is 8.23. The molecule has 0 saturated carbocycles. The van der Waals surface area contributed by atoms with Gasteiger partial charge in [0.15, 0.2) is 0 Å². The fraction of sp³-hybridized carbons (Fsp3) is 0.200. The van der Waals surface area contributed by atoms with Crippen molar-refractivity contribution in [2.75, 3.05) is 0 Å². The molecule has 0 fully saturated rings. The van der Waals surface area contributed by atoms with Gasteiger partial charge in [-0.15, -0.1) is 0 Å². The number of aryl methyl sites for hydroxylation is 2. The highest BCUT2D eigenvalue weighted by molar-refractivity contribution is 5.86. The lowest BCUT2D eigenvalue weighted by Crippen LogP contribution is -2.27. The molecule has 1 unspecified atom stereocenters. The second-order valence-corrected chi connectivity index (χ2v) is 5.98. The van der Waals surface area contributed by atoms with E-state index in [-0.39, 0.29) is 0 Å². The molecule has 0 saturated heterocycles. The third-order valence-corrected chi connectivity index (χ3v) is 4.28. The van der Waals surface area contributed by atoms with Gasteiger partial charge in [0.2, 0.25) is 0 Å². The van der Waals surface area contributed by atoms with Gasteiger partial charge in [-0.2, -0.15) is 0 Å². The molecule has 0 spiro atoms. The van der Waals surface area contributed by atoms with Gasteiger partial charge in [0, 0.05) is 0 Å². The normalized spacial score (nSPS) is 11.8. The molecule has 3 rings (SSSR count). The van der Waals surface area contributed by atoms with Crippen molar-refractivity contribution in [3.63, 3.8) is 0 Å². The lowest BCUT2D eigenvalue weighted by Gasteiger charge is -2.16. The number of nitrogens with one attached hydrogen (secondary N) is 1. The Morgan fingerprint density at radius 1 is 1.12 bits per heavy atom. The Kier molecular flexibility index (Phi) is 5.34. The van der Waals surface area contributed by atoms with E-state index in [0.29, 0.717) is 12.4 Å². The van der Waals surface area contributed by atoms with E-state index >= 15 is 0 Å². The molecule has 0 bridgehead atoms. The largest absolute Gasteiger partial charge is 0.489 e. The van der Waals surface area contributed by atoms with E-state index in [0.717, 1.165) is 28.1 Å². The van der Waals surface area contributed by atoms with Crippen LogP contribution < -0.4 is 10.2 Å². The second-order valence-electron chi connectivity index (χ2n) is 5.98. The Morgan fingerprint density at radius 3 is 2.35 bits per heavy atom. The van der Waals surface area contributed by atoms with E-state index in [4.69, 9.17) is 14.5 Å². The lowest BCUT2D eigenvalue weighted by molar-refractivity contribution is -0.129. The Bertz CT molecular complexity index is 853. The number of aromatic nitrogens is 1. The highest BCUT2D eigenvalue weighted by atomic mass is 16.5. The minimum absolute atomic E-state index is 0.361. The van der Waals surface area contributed by atoms with E-state index in [2.05, 4.69) is 5.16 Å². The van der Waals surface area contributed by atoms with Crippen LogP contribution in [0.1, 0.15) is 34.1 Å². The smallest absolute Gasteiger partial charge is 0.255 e. The highest BCUT2D eigenvalue weighted by Gasteiger charge is 2.22. The SMILES string of the molecule is Cc1noc(C)c1COc1ccc(C(C(=O)NO)c2ccccc2)cc1. The molecule has 1 amide bonds. The first-order chi connectivity index (χ1) is 12.6. The number of hydroxylamine groups is 1. The van der Waals surface area contributed by atoms with Gasteiger partial charge in [0.05, 0.1) is 17.2 Å². The van der Waals surface area contributed by atoms with Crippen LogP contribution >= 0.6 is 0 Å². The van der Waals surface area contributed by atoms with Crippen LogP contribution in [0.15, 0.2) is 59.1 Å². The zero-order valence-electron chi connectivity index (χ0n) is 14.6. The fourth-order valence-electron chi connectivity index (χ4n) is 2.83. The molecular formula is C20H20N2O4. The number of hydrogen-bond donors (Lipinski definition) is 2. The molecule has 0 radical (unpaired) electrons. The Hall–Kier alpha value is -3.12. The van der Waals surface area contributed by atoms with Gasteiger partial charge in [0.25, 0.3) is 5.91 Å². The Labute approximate surface area is 151 Å². The van der Waals surface area contributed by atoms with Gasteiger partial charge in [-0.05, 0) is 37.1 Å². The van der Waals surface area contributed by atoms with Gasteiger partial charge in [-0.3, -0.25) is 10.0 Å². The molecule has 3 aromatic rings. The molecule has 26 heavy (non-hydrogen) atoms. The standard InChI is InChI=1S/C20H20N2O4/c1-13-18(14(2)26-22-13)12-25-17-10-8-16(9-11-17)19(20(23)21-24)15-6-4-3-5-7-15/h3-11,19,24H,12H2,1-2H3,(H,21,23). The summed E-state index contributed by atoms with van der Waals surface area (Å²) >= 11 is 0. The molecule has 2 N–H and O–H groups in total. The van der Waals surface area contributed by atoms with Gasteiger partial charge >= 0.3 is 0 Å².